The van der Waals surface area contributed by atoms with Gasteiger partial charge in [-0.3, -0.25) is 0 Å². The van der Waals surface area contributed by atoms with Crippen LogP contribution in [0.3, 0.4) is 0 Å². The molecule has 106 valence electrons. The van der Waals surface area contributed by atoms with Gasteiger partial charge in [-0.15, -0.1) is 0 Å². The first-order valence-electron chi connectivity index (χ1n) is 7.43. The van der Waals surface area contributed by atoms with Gasteiger partial charge in [0.15, 0.2) is 5.65 Å². The second kappa shape index (κ2) is 4.88. The normalized spacial score (nSPS) is 17.7. The van der Waals surface area contributed by atoms with Gasteiger partial charge in [-0.25, -0.2) is 4.98 Å². The molecule has 2 heterocycles. The molecule has 3 aromatic rings. The summed E-state index contributed by atoms with van der Waals surface area (Å²) >= 11 is 0. The van der Waals surface area contributed by atoms with Crippen LogP contribution in [0.4, 0.5) is 5.82 Å². The molecule has 0 spiro atoms. The number of hydrogen-bond acceptors (Lipinski definition) is 3. The lowest BCUT2D eigenvalue weighted by Crippen LogP contribution is -2.28. The molecule has 1 N–H and O–H groups in total. The maximum absolute atomic E-state index is 4.31. The Bertz CT molecular complexity index is 790. The SMILES string of the molecule is Cc1cc(NC2CCc3ccccc3C2)n2ncnc2c1. The van der Waals surface area contributed by atoms with Crippen LogP contribution < -0.4 is 5.32 Å². The molecule has 0 saturated carbocycles. The van der Waals surface area contributed by atoms with Crippen molar-refractivity contribution in [1.82, 2.24) is 14.6 Å². The van der Waals surface area contributed by atoms with E-state index in [-0.39, 0.29) is 0 Å². The Hall–Kier alpha value is -2.36. The van der Waals surface area contributed by atoms with E-state index in [1.165, 1.54) is 16.7 Å². The molecular formula is C17H18N4. The predicted octanol–water partition coefficient (Wildman–Crippen LogP) is 3.01. The van der Waals surface area contributed by atoms with E-state index < -0.39 is 0 Å². The third-order valence-corrected chi connectivity index (χ3v) is 4.22. The minimum absolute atomic E-state index is 0.453. The van der Waals surface area contributed by atoms with E-state index in [4.69, 9.17) is 0 Å². The smallest absolute Gasteiger partial charge is 0.157 e. The molecule has 4 nitrogen and oxygen atoms in total. The van der Waals surface area contributed by atoms with Crippen molar-refractivity contribution in [3.05, 3.63) is 59.4 Å². The zero-order valence-electron chi connectivity index (χ0n) is 12.1. The van der Waals surface area contributed by atoms with Crippen LogP contribution in [0.5, 0.6) is 0 Å². The fraction of sp³-hybridized carbons (Fsp3) is 0.294. The number of benzene rings is 1. The highest BCUT2D eigenvalue weighted by molar-refractivity contribution is 5.52. The Morgan fingerprint density at radius 3 is 2.95 bits per heavy atom. The second-order valence-electron chi connectivity index (χ2n) is 5.80. The third kappa shape index (κ3) is 2.27. The zero-order chi connectivity index (χ0) is 14.2. The maximum Gasteiger partial charge on any atom is 0.157 e. The van der Waals surface area contributed by atoms with Crippen LogP contribution in [0.1, 0.15) is 23.1 Å². The number of aryl methyl sites for hydroxylation is 2. The molecule has 0 aliphatic heterocycles. The van der Waals surface area contributed by atoms with E-state index in [1.807, 2.05) is 10.6 Å². The minimum Gasteiger partial charge on any atom is -0.367 e. The molecule has 0 amide bonds. The van der Waals surface area contributed by atoms with Crippen LogP contribution in [0.15, 0.2) is 42.7 Å². The lowest BCUT2D eigenvalue weighted by atomic mass is 9.88. The Morgan fingerprint density at radius 1 is 1.19 bits per heavy atom. The molecule has 1 unspecified atom stereocenters. The van der Waals surface area contributed by atoms with Gasteiger partial charge in [0.2, 0.25) is 0 Å². The molecule has 1 aliphatic carbocycles. The van der Waals surface area contributed by atoms with Gasteiger partial charge in [0.25, 0.3) is 0 Å². The Labute approximate surface area is 123 Å². The molecule has 0 radical (unpaired) electrons. The van der Waals surface area contributed by atoms with E-state index in [2.05, 4.69) is 52.7 Å². The summed E-state index contributed by atoms with van der Waals surface area (Å²) in [6.45, 7) is 2.09. The molecule has 2 aromatic heterocycles. The van der Waals surface area contributed by atoms with Gasteiger partial charge in [0.05, 0.1) is 0 Å². The summed E-state index contributed by atoms with van der Waals surface area (Å²) in [5.41, 5.74) is 5.05. The van der Waals surface area contributed by atoms with Crippen molar-refractivity contribution in [2.45, 2.75) is 32.2 Å². The molecule has 4 rings (SSSR count). The summed E-state index contributed by atoms with van der Waals surface area (Å²) in [5.74, 6) is 1.03. The number of anilines is 1. The summed E-state index contributed by atoms with van der Waals surface area (Å²) < 4.78 is 1.88. The van der Waals surface area contributed by atoms with E-state index in [0.29, 0.717) is 6.04 Å². The highest BCUT2D eigenvalue weighted by Gasteiger charge is 2.19. The van der Waals surface area contributed by atoms with E-state index >= 15 is 0 Å². The van der Waals surface area contributed by atoms with E-state index in [9.17, 15) is 0 Å². The van der Waals surface area contributed by atoms with Gasteiger partial charge < -0.3 is 5.32 Å². The van der Waals surface area contributed by atoms with Crippen LogP contribution >= 0.6 is 0 Å². The lowest BCUT2D eigenvalue weighted by molar-refractivity contribution is 0.606. The van der Waals surface area contributed by atoms with Crippen molar-refractivity contribution in [3.63, 3.8) is 0 Å². The van der Waals surface area contributed by atoms with Crippen molar-refractivity contribution in [3.8, 4) is 0 Å². The van der Waals surface area contributed by atoms with Gasteiger partial charge in [0.1, 0.15) is 12.1 Å². The fourth-order valence-corrected chi connectivity index (χ4v) is 3.19. The Kier molecular flexibility index (Phi) is 2.88. The molecule has 4 heteroatoms. The van der Waals surface area contributed by atoms with Crippen LogP contribution in [0.2, 0.25) is 0 Å². The Balaban J connectivity index is 1.63. The molecule has 1 atom stereocenters. The van der Waals surface area contributed by atoms with Crippen LogP contribution in [-0.2, 0) is 12.8 Å². The second-order valence-corrected chi connectivity index (χ2v) is 5.80. The fourth-order valence-electron chi connectivity index (χ4n) is 3.19. The number of rotatable bonds is 2. The Morgan fingerprint density at radius 2 is 2.05 bits per heavy atom. The monoisotopic (exact) mass is 278 g/mol. The molecule has 0 bridgehead atoms. The summed E-state index contributed by atoms with van der Waals surface area (Å²) in [6, 6.07) is 13.4. The van der Waals surface area contributed by atoms with Gasteiger partial charge in [-0.05, 0) is 55.0 Å². The van der Waals surface area contributed by atoms with Crippen molar-refractivity contribution in [1.29, 1.82) is 0 Å². The number of nitrogens with zero attached hydrogens (tertiary/aromatic N) is 3. The number of aromatic nitrogens is 3. The number of fused-ring (bicyclic) bond motifs is 2. The first-order valence-corrected chi connectivity index (χ1v) is 7.43. The van der Waals surface area contributed by atoms with Gasteiger partial charge >= 0.3 is 0 Å². The van der Waals surface area contributed by atoms with Crippen molar-refractivity contribution >= 4 is 11.5 Å². The topological polar surface area (TPSA) is 42.2 Å². The summed E-state index contributed by atoms with van der Waals surface area (Å²) in [6.07, 6.45) is 4.97. The largest absolute Gasteiger partial charge is 0.367 e. The van der Waals surface area contributed by atoms with Gasteiger partial charge in [0, 0.05) is 6.04 Å². The van der Waals surface area contributed by atoms with Crippen LogP contribution in [0.25, 0.3) is 5.65 Å². The third-order valence-electron chi connectivity index (χ3n) is 4.22. The molecule has 0 saturated heterocycles. The average Bonchev–Trinajstić information content (AvgIpc) is 2.95. The lowest BCUT2D eigenvalue weighted by Gasteiger charge is -2.26. The summed E-state index contributed by atoms with van der Waals surface area (Å²) in [4.78, 5) is 4.28. The zero-order valence-corrected chi connectivity index (χ0v) is 12.1. The van der Waals surface area contributed by atoms with Crippen molar-refractivity contribution in [2.24, 2.45) is 0 Å². The summed E-state index contributed by atoms with van der Waals surface area (Å²) in [7, 11) is 0. The van der Waals surface area contributed by atoms with E-state index in [1.54, 1.807) is 6.33 Å². The highest BCUT2D eigenvalue weighted by Crippen LogP contribution is 2.24. The van der Waals surface area contributed by atoms with Crippen molar-refractivity contribution in [2.75, 3.05) is 5.32 Å². The van der Waals surface area contributed by atoms with Crippen LogP contribution in [-0.4, -0.2) is 20.6 Å². The molecule has 1 aliphatic rings. The number of hydrogen-bond donors (Lipinski definition) is 1. The molecule has 0 fully saturated rings. The van der Waals surface area contributed by atoms with Gasteiger partial charge in [-0.1, -0.05) is 24.3 Å². The summed E-state index contributed by atoms with van der Waals surface area (Å²) in [5, 5.41) is 7.96. The predicted molar refractivity (Wildman–Crippen MR) is 83.6 cm³/mol. The van der Waals surface area contributed by atoms with Crippen LogP contribution in [0, 0.1) is 6.92 Å². The number of pyridine rings is 1. The minimum atomic E-state index is 0.453. The molecular weight excluding hydrogens is 260 g/mol. The van der Waals surface area contributed by atoms with Crippen molar-refractivity contribution < 1.29 is 0 Å². The highest BCUT2D eigenvalue weighted by atomic mass is 15.3. The average molecular weight is 278 g/mol. The quantitative estimate of drug-likeness (QED) is 0.783. The number of nitrogens with one attached hydrogen (secondary N) is 1. The first kappa shape index (κ1) is 12.4. The maximum atomic E-state index is 4.31. The standard InChI is InChI=1S/C17H18N4/c1-12-8-16-18-11-19-21(16)17(9-12)20-15-7-6-13-4-2-3-5-14(13)10-15/h2-5,8-9,11,15,20H,6-7,10H2,1H3. The van der Waals surface area contributed by atoms with E-state index in [0.717, 1.165) is 30.7 Å². The molecule has 21 heavy (non-hydrogen) atoms. The first-order chi connectivity index (χ1) is 10.3. The molecule has 1 aromatic carbocycles. The van der Waals surface area contributed by atoms with Gasteiger partial charge in [-0.2, -0.15) is 9.61 Å².